The van der Waals surface area contributed by atoms with Gasteiger partial charge in [0.2, 0.25) is 5.79 Å². The van der Waals surface area contributed by atoms with Crippen LogP contribution >= 0.6 is 7.82 Å². The highest BCUT2D eigenvalue weighted by Crippen LogP contribution is 2.51. The van der Waals surface area contributed by atoms with E-state index >= 15 is 0 Å². The molecular weight excluding hydrogens is 938 g/mol. The number of methoxy groups -OCH3 is 3. The lowest BCUT2D eigenvalue weighted by molar-refractivity contribution is -0.265. The summed E-state index contributed by atoms with van der Waals surface area (Å²) in [6, 6.07) is -1.18. The van der Waals surface area contributed by atoms with E-state index in [0.29, 0.717) is 69.8 Å². The number of aliphatic hydroxyl groups is 2. The molecule has 17 nitrogen and oxygen atoms in total. The Bertz CT molecular complexity index is 1980. The van der Waals surface area contributed by atoms with Crippen LogP contribution in [0.5, 0.6) is 0 Å². The number of Topliss-reactive ketones (excluding diaryl/α,β-unsaturated/α-hetero) is 3. The number of piperidine rings is 1. The van der Waals surface area contributed by atoms with Crippen LogP contribution in [0.15, 0.2) is 47.6 Å². The first-order valence-corrected chi connectivity index (χ1v) is 26.9. The molecule has 15 atom stereocenters. The van der Waals surface area contributed by atoms with Crippen molar-refractivity contribution >= 4 is 37.0 Å². The summed E-state index contributed by atoms with van der Waals surface area (Å²) in [6.07, 6.45) is 10.3. The van der Waals surface area contributed by atoms with Crippen molar-refractivity contribution in [2.75, 3.05) is 42.1 Å². The van der Waals surface area contributed by atoms with Crippen molar-refractivity contribution in [3.63, 3.8) is 0 Å². The number of fused-ring (bicyclic) bond motifs is 3. The maximum Gasteiger partial charge on any atom is 0.474 e. The normalized spacial score (nSPS) is 38.3. The van der Waals surface area contributed by atoms with Crippen molar-refractivity contribution in [2.24, 2.45) is 35.5 Å². The average molecular weight is 1020 g/mol. The molecule has 18 heteroatoms. The van der Waals surface area contributed by atoms with E-state index in [1.165, 1.54) is 33.3 Å². The van der Waals surface area contributed by atoms with E-state index in [0.717, 1.165) is 5.57 Å². The van der Waals surface area contributed by atoms with E-state index in [1.54, 1.807) is 40.9 Å². The highest BCUT2D eigenvalue weighted by atomic mass is 31.2. The molecule has 0 spiro atoms. The standard InChI is InChI=1S/C53H84NO16P/c1-32-18-14-13-15-19-33(2)44(63-8)30-40-23-21-38(7)53(61,69-40)50(58)51(59)54-25-17-16-20-41(54)52(60)68-45(31-42(55)34(3)27-37(6)48(57)49(65-10)47(56)36(5)26-32)35(4)28-39-22-24-43(46(29-39)64-9)70-71(62,66-11)67-12/h13-15,18-19,27,32,34-36,38-41,43-46,48-49,57,61H,16-17,20-26,28-31H2,1-12H3/b15-13+,18-14+,33-19+,37-27+/t32-,34-,35-,36-,38-,39+,40+,41+,43-,44?,45+,46-,48-,49?,53-/m1/s1. The Morgan fingerprint density at radius 1 is 0.831 bits per heavy atom. The molecule has 1 saturated carbocycles. The van der Waals surface area contributed by atoms with Gasteiger partial charge in [0, 0.05) is 72.7 Å². The number of carbonyl (C=O) groups is 5. The number of phosphoric ester groups is 1. The molecule has 71 heavy (non-hydrogen) atoms. The Kier molecular flexibility index (Phi) is 23.7. The third kappa shape index (κ3) is 16.1. The van der Waals surface area contributed by atoms with Gasteiger partial charge in [-0.15, -0.1) is 0 Å². The highest BCUT2D eigenvalue weighted by molar-refractivity contribution is 7.48. The van der Waals surface area contributed by atoms with Crippen LogP contribution in [0.3, 0.4) is 0 Å². The second-order valence-corrected chi connectivity index (χ2v) is 22.3. The van der Waals surface area contributed by atoms with Crippen molar-refractivity contribution in [3.05, 3.63) is 47.6 Å². The Balaban J connectivity index is 1.70. The number of esters is 1. The molecule has 0 radical (unpaired) electrons. The van der Waals surface area contributed by atoms with Gasteiger partial charge in [0.25, 0.3) is 11.7 Å². The van der Waals surface area contributed by atoms with Gasteiger partial charge >= 0.3 is 13.8 Å². The lowest BCUT2D eigenvalue weighted by Gasteiger charge is -2.42. The lowest BCUT2D eigenvalue weighted by atomic mass is 9.78. The number of aliphatic hydroxyl groups excluding tert-OH is 1. The minimum Gasteiger partial charge on any atom is -0.460 e. The van der Waals surface area contributed by atoms with E-state index in [1.807, 2.05) is 51.2 Å². The Labute approximate surface area is 422 Å². The molecular formula is C53H84NO16P. The predicted octanol–water partition coefficient (Wildman–Crippen LogP) is 7.61. The summed E-state index contributed by atoms with van der Waals surface area (Å²) in [7, 11) is 3.15. The van der Waals surface area contributed by atoms with Crippen LogP contribution in [0, 0.1) is 35.5 Å². The van der Waals surface area contributed by atoms with E-state index in [-0.39, 0.29) is 42.8 Å². The van der Waals surface area contributed by atoms with Gasteiger partial charge in [-0.25, -0.2) is 9.36 Å². The monoisotopic (exact) mass is 1020 g/mol. The van der Waals surface area contributed by atoms with Gasteiger partial charge in [0.05, 0.1) is 24.4 Å². The molecule has 1 amide bonds. The molecule has 1 aliphatic carbocycles. The van der Waals surface area contributed by atoms with Crippen molar-refractivity contribution in [1.82, 2.24) is 4.90 Å². The van der Waals surface area contributed by atoms with Crippen LogP contribution in [-0.2, 0) is 65.8 Å². The van der Waals surface area contributed by atoms with Gasteiger partial charge in [-0.3, -0.25) is 32.7 Å². The molecule has 2 unspecified atom stereocenters. The zero-order valence-electron chi connectivity index (χ0n) is 44.2. The Morgan fingerprint density at radius 2 is 1.54 bits per heavy atom. The molecule has 4 rings (SSSR count). The molecule has 402 valence electrons. The van der Waals surface area contributed by atoms with Gasteiger partial charge < -0.3 is 38.8 Å². The summed E-state index contributed by atoms with van der Waals surface area (Å²) in [5, 5.41) is 23.5. The number of carbonyl (C=O) groups excluding carboxylic acids is 5. The van der Waals surface area contributed by atoms with E-state index < -0.39 is 104 Å². The molecule has 2 saturated heterocycles. The smallest absolute Gasteiger partial charge is 0.460 e. The number of ketones is 3. The van der Waals surface area contributed by atoms with Crippen LogP contribution < -0.4 is 0 Å². The summed E-state index contributed by atoms with van der Waals surface area (Å²) in [4.78, 5) is 72.3. The van der Waals surface area contributed by atoms with E-state index in [9.17, 15) is 38.8 Å². The Morgan fingerprint density at radius 3 is 2.18 bits per heavy atom. The zero-order valence-corrected chi connectivity index (χ0v) is 45.1. The maximum atomic E-state index is 14.5. The summed E-state index contributed by atoms with van der Waals surface area (Å²) in [5.74, 6) is -8.41. The second kappa shape index (κ2) is 27.9. The van der Waals surface area contributed by atoms with Gasteiger partial charge in [0.1, 0.15) is 30.1 Å². The van der Waals surface area contributed by atoms with Gasteiger partial charge in [-0.05, 0) is 107 Å². The second-order valence-electron chi connectivity index (χ2n) is 20.5. The minimum atomic E-state index is -3.81. The van der Waals surface area contributed by atoms with Crippen LogP contribution in [0.2, 0.25) is 0 Å². The molecule has 0 aromatic heterocycles. The van der Waals surface area contributed by atoms with Crippen LogP contribution in [0.1, 0.15) is 126 Å². The number of cyclic esters (lactones) is 1. The van der Waals surface area contributed by atoms with Crippen molar-refractivity contribution in [3.8, 4) is 0 Å². The molecule has 3 heterocycles. The highest BCUT2D eigenvalue weighted by Gasteiger charge is 2.53. The number of hydrogen-bond donors (Lipinski definition) is 2. The minimum absolute atomic E-state index is 0.00212. The van der Waals surface area contributed by atoms with Gasteiger partial charge in [0.15, 0.2) is 5.78 Å². The third-order valence-electron chi connectivity index (χ3n) is 15.2. The number of hydrogen-bond acceptors (Lipinski definition) is 16. The topological polar surface area (TPSA) is 220 Å². The summed E-state index contributed by atoms with van der Waals surface area (Å²) >= 11 is 0. The number of allylic oxidation sites excluding steroid dienone is 6. The predicted molar refractivity (Wildman–Crippen MR) is 266 cm³/mol. The number of nitrogens with zero attached hydrogens (tertiary/aromatic N) is 1. The number of ether oxygens (including phenoxy) is 5. The van der Waals surface area contributed by atoms with Crippen molar-refractivity contribution in [2.45, 2.75) is 180 Å². The number of rotatable bonds is 10. The largest absolute Gasteiger partial charge is 0.474 e. The molecule has 4 aliphatic rings. The first-order chi connectivity index (χ1) is 33.6. The van der Waals surface area contributed by atoms with Crippen LogP contribution in [-0.4, -0.2) is 141 Å². The summed E-state index contributed by atoms with van der Waals surface area (Å²) in [6.45, 7) is 12.6. The van der Waals surface area contributed by atoms with Crippen molar-refractivity contribution in [1.29, 1.82) is 0 Å². The fourth-order valence-corrected chi connectivity index (χ4v) is 11.4. The van der Waals surface area contributed by atoms with Gasteiger partial charge in [-0.1, -0.05) is 71.1 Å². The molecule has 0 aromatic carbocycles. The van der Waals surface area contributed by atoms with E-state index in [2.05, 4.69) is 0 Å². The summed E-state index contributed by atoms with van der Waals surface area (Å²) < 4.78 is 58.4. The number of phosphoric acid groups is 1. The molecule has 0 aromatic rings. The first-order valence-electron chi connectivity index (χ1n) is 25.4. The average Bonchev–Trinajstić information content (AvgIpc) is 3.35. The van der Waals surface area contributed by atoms with Crippen LogP contribution in [0.4, 0.5) is 0 Å². The zero-order chi connectivity index (χ0) is 52.8. The van der Waals surface area contributed by atoms with Crippen LogP contribution in [0.25, 0.3) is 0 Å². The van der Waals surface area contributed by atoms with Crippen molar-refractivity contribution < 1.29 is 76.0 Å². The first kappa shape index (κ1) is 60.3. The SMILES string of the molecule is COC1C[C@@H]2CC[C@@H](C)[C@@](O)(O2)C(=O)C(=O)N2CCCC[C@H]2C(=O)O[C@H]([C@H](C)C[C@@H]2CC[C@@H](OP(=O)(OC)OC)[C@H](OC)C2)CC(=O)[C@H](C)/C=C(\C)[C@@H](O)C(OC)C(=O)[C@H](C)C[C@H](C)/C=C/C=C/C=C/1C. The third-order valence-corrected chi connectivity index (χ3v) is 16.6. The molecule has 3 aliphatic heterocycles. The maximum absolute atomic E-state index is 14.5. The van der Waals surface area contributed by atoms with E-state index in [4.69, 9.17) is 37.3 Å². The molecule has 2 bridgehead atoms. The lowest BCUT2D eigenvalue weighted by Crippen LogP contribution is -2.61. The Hall–Kier alpha value is -3.22. The molecule has 3 fully saturated rings. The summed E-state index contributed by atoms with van der Waals surface area (Å²) in [5.41, 5.74) is 1.23. The van der Waals surface area contributed by atoms with Gasteiger partial charge in [-0.2, -0.15) is 0 Å². The fraction of sp³-hybridized carbons (Fsp3) is 0.755. The quantitative estimate of drug-likeness (QED) is 0.0931. The number of amides is 1. The molecule has 2 N–H and O–H groups in total. The fourth-order valence-electron chi connectivity index (χ4n) is 10.5.